The highest BCUT2D eigenvalue weighted by Crippen LogP contribution is 2.32. The number of carbonyl (C=O) groups is 2. The third kappa shape index (κ3) is 2.34. The number of carbonyl (C=O) groups excluding carboxylic acids is 2. The lowest BCUT2D eigenvalue weighted by Gasteiger charge is -2.17. The molecule has 1 aliphatic rings. The van der Waals surface area contributed by atoms with E-state index in [1.165, 1.54) is 16.0 Å². The Kier molecular flexibility index (Phi) is 3.30. The third-order valence-corrected chi connectivity index (χ3v) is 4.08. The maximum absolute atomic E-state index is 12.2. The number of hydrogen-bond donors (Lipinski definition) is 0. The molecule has 3 nitrogen and oxygen atoms in total. The van der Waals surface area contributed by atoms with Crippen LogP contribution in [0.1, 0.15) is 27.0 Å². The second-order valence-electron chi connectivity index (χ2n) is 5.30. The van der Waals surface area contributed by atoms with Crippen LogP contribution in [0.15, 0.2) is 36.4 Å². The molecule has 1 aliphatic heterocycles. The molecular formula is C17H14ClNO2. The molecule has 0 atom stereocenters. The van der Waals surface area contributed by atoms with Crippen molar-refractivity contribution in [2.45, 2.75) is 20.4 Å². The number of halogens is 1. The van der Waals surface area contributed by atoms with Crippen LogP contribution in [0.4, 0.5) is 5.69 Å². The summed E-state index contributed by atoms with van der Waals surface area (Å²) in [6.07, 6.45) is 0. The average molecular weight is 300 g/mol. The summed E-state index contributed by atoms with van der Waals surface area (Å²) >= 11 is 5.90. The van der Waals surface area contributed by atoms with Gasteiger partial charge in [-0.2, -0.15) is 0 Å². The van der Waals surface area contributed by atoms with Crippen LogP contribution in [0.5, 0.6) is 0 Å². The highest BCUT2D eigenvalue weighted by atomic mass is 35.5. The Morgan fingerprint density at radius 3 is 2.48 bits per heavy atom. The van der Waals surface area contributed by atoms with E-state index in [2.05, 4.69) is 0 Å². The zero-order valence-corrected chi connectivity index (χ0v) is 12.6. The van der Waals surface area contributed by atoms with Crippen LogP contribution < -0.4 is 4.90 Å². The second kappa shape index (κ2) is 5.01. The molecule has 3 rings (SSSR count). The lowest BCUT2D eigenvalue weighted by Crippen LogP contribution is -2.29. The molecule has 1 heterocycles. The van der Waals surface area contributed by atoms with Gasteiger partial charge in [-0.25, -0.2) is 0 Å². The summed E-state index contributed by atoms with van der Waals surface area (Å²) in [6.45, 7) is 4.46. The molecule has 0 spiro atoms. The standard InChI is InChI=1S/C17H14ClNO2/c1-10-3-4-12(7-11(10)2)9-19-15-6-5-13(18)8-14(15)16(20)17(19)21/h3-8H,9H2,1-2H3. The molecule has 4 heteroatoms. The molecule has 2 aromatic rings. The summed E-state index contributed by atoms with van der Waals surface area (Å²) in [4.78, 5) is 25.7. The Labute approximate surface area is 128 Å². The molecule has 21 heavy (non-hydrogen) atoms. The van der Waals surface area contributed by atoms with Crippen LogP contribution in [-0.2, 0) is 11.3 Å². The fourth-order valence-electron chi connectivity index (χ4n) is 2.51. The number of nitrogens with zero attached hydrogens (tertiary/aromatic N) is 1. The van der Waals surface area contributed by atoms with Crippen LogP contribution in [0.2, 0.25) is 5.02 Å². The summed E-state index contributed by atoms with van der Waals surface area (Å²) < 4.78 is 0. The van der Waals surface area contributed by atoms with Gasteiger partial charge in [-0.15, -0.1) is 0 Å². The van der Waals surface area contributed by atoms with Crippen LogP contribution >= 0.6 is 11.6 Å². The van der Waals surface area contributed by atoms with Gasteiger partial charge in [-0.05, 0) is 48.7 Å². The fourth-order valence-corrected chi connectivity index (χ4v) is 2.69. The highest BCUT2D eigenvalue weighted by molar-refractivity contribution is 6.52. The van der Waals surface area contributed by atoms with Crippen molar-refractivity contribution in [3.8, 4) is 0 Å². The predicted molar refractivity (Wildman–Crippen MR) is 82.9 cm³/mol. The molecule has 0 saturated heterocycles. The van der Waals surface area contributed by atoms with Gasteiger partial charge in [0.25, 0.3) is 11.7 Å². The van der Waals surface area contributed by atoms with E-state index in [0.717, 1.165) is 5.56 Å². The topological polar surface area (TPSA) is 37.4 Å². The predicted octanol–water partition coefficient (Wildman–Crippen LogP) is 3.69. The fraction of sp³-hybridized carbons (Fsp3) is 0.176. The number of anilines is 1. The molecule has 0 N–H and O–H groups in total. The van der Waals surface area contributed by atoms with Crippen molar-refractivity contribution in [2.24, 2.45) is 0 Å². The Hall–Kier alpha value is -2.13. The minimum Gasteiger partial charge on any atom is -0.300 e. The number of amides is 1. The largest absolute Gasteiger partial charge is 0.300 e. The van der Waals surface area contributed by atoms with Gasteiger partial charge >= 0.3 is 0 Å². The maximum atomic E-state index is 12.2. The van der Waals surface area contributed by atoms with Gasteiger partial charge in [0, 0.05) is 5.02 Å². The van der Waals surface area contributed by atoms with Crippen molar-refractivity contribution >= 4 is 29.0 Å². The summed E-state index contributed by atoms with van der Waals surface area (Å²) in [7, 11) is 0. The normalized spacial score (nSPS) is 13.8. The van der Waals surface area contributed by atoms with E-state index >= 15 is 0 Å². The van der Waals surface area contributed by atoms with Gasteiger partial charge in [-0.3, -0.25) is 9.59 Å². The minimum absolute atomic E-state index is 0.385. The van der Waals surface area contributed by atoms with Crippen LogP contribution in [0.3, 0.4) is 0 Å². The van der Waals surface area contributed by atoms with Gasteiger partial charge < -0.3 is 4.90 Å². The lowest BCUT2D eigenvalue weighted by molar-refractivity contribution is -0.114. The summed E-state index contributed by atoms with van der Waals surface area (Å²) in [5.74, 6) is -0.984. The van der Waals surface area contributed by atoms with E-state index in [-0.39, 0.29) is 0 Å². The minimum atomic E-state index is -0.495. The molecule has 106 valence electrons. The average Bonchev–Trinajstić information content (AvgIpc) is 2.68. The quantitative estimate of drug-likeness (QED) is 0.793. The van der Waals surface area contributed by atoms with Gasteiger partial charge in [-0.1, -0.05) is 29.8 Å². The van der Waals surface area contributed by atoms with Crippen molar-refractivity contribution in [3.63, 3.8) is 0 Å². The van der Waals surface area contributed by atoms with E-state index in [0.29, 0.717) is 22.8 Å². The van der Waals surface area contributed by atoms with Gasteiger partial charge in [0.05, 0.1) is 17.8 Å². The van der Waals surface area contributed by atoms with Crippen LogP contribution in [0.25, 0.3) is 0 Å². The zero-order chi connectivity index (χ0) is 15.1. The first-order chi connectivity index (χ1) is 9.97. The third-order valence-electron chi connectivity index (χ3n) is 3.85. The zero-order valence-electron chi connectivity index (χ0n) is 11.8. The first-order valence-corrected chi connectivity index (χ1v) is 7.07. The molecular weight excluding hydrogens is 286 g/mol. The lowest BCUT2D eigenvalue weighted by atomic mass is 10.1. The molecule has 0 unspecified atom stereocenters. The van der Waals surface area contributed by atoms with Crippen molar-refractivity contribution in [1.29, 1.82) is 0 Å². The van der Waals surface area contributed by atoms with Gasteiger partial charge in [0.1, 0.15) is 0 Å². The molecule has 0 bridgehead atoms. The maximum Gasteiger partial charge on any atom is 0.299 e. The summed E-state index contributed by atoms with van der Waals surface area (Å²) in [5.41, 5.74) is 4.39. The van der Waals surface area contributed by atoms with Crippen molar-refractivity contribution in [2.75, 3.05) is 4.90 Å². The number of fused-ring (bicyclic) bond motifs is 1. The number of ketones is 1. The first kappa shape index (κ1) is 13.8. The van der Waals surface area contributed by atoms with E-state index in [1.54, 1.807) is 18.2 Å². The van der Waals surface area contributed by atoms with E-state index in [1.807, 2.05) is 32.0 Å². The smallest absolute Gasteiger partial charge is 0.299 e. The molecule has 2 aromatic carbocycles. The Morgan fingerprint density at radius 1 is 1.00 bits per heavy atom. The van der Waals surface area contributed by atoms with E-state index < -0.39 is 11.7 Å². The highest BCUT2D eigenvalue weighted by Gasteiger charge is 2.35. The monoisotopic (exact) mass is 299 g/mol. The SMILES string of the molecule is Cc1ccc(CN2C(=O)C(=O)c3cc(Cl)ccc32)cc1C. The van der Waals surface area contributed by atoms with Crippen molar-refractivity contribution in [3.05, 3.63) is 63.7 Å². The van der Waals surface area contributed by atoms with Crippen LogP contribution in [0, 0.1) is 13.8 Å². The number of aryl methyl sites for hydroxylation is 2. The van der Waals surface area contributed by atoms with Crippen molar-refractivity contribution in [1.82, 2.24) is 0 Å². The molecule has 0 aromatic heterocycles. The number of rotatable bonds is 2. The molecule has 0 radical (unpaired) electrons. The first-order valence-electron chi connectivity index (χ1n) is 6.69. The summed E-state index contributed by atoms with van der Waals surface area (Å²) in [6, 6.07) is 11.0. The second-order valence-corrected chi connectivity index (χ2v) is 5.74. The Morgan fingerprint density at radius 2 is 1.76 bits per heavy atom. The van der Waals surface area contributed by atoms with Gasteiger partial charge in [0.2, 0.25) is 0 Å². The van der Waals surface area contributed by atoms with Gasteiger partial charge in [0.15, 0.2) is 0 Å². The van der Waals surface area contributed by atoms with Crippen LogP contribution in [-0.4, -0.2) is 11.7 Å². The van der Waals surface area contributed by atoms with E-state index in [9.17, 15) is 9.59 Å². The number of benzene rings is 2. The molecule has 1 amide bonds. The van der Waals surface area contributed by atoms with Crippen molar-refractivity contribution < 1.29 is 9.59 Å². The molecule has 0 aliphatic carbocycles. The molecule has 0 fully saturated rings. The number of Topliss-reactive ketones (excluding diaryl/α,β-unsaturated/α-hetero) is 1. The Balaban J connectivity index is 1.98. The molecule has 0 saturated carbocycles. The Bertz CT molecular complexity index is 767. The number of hydrogen-bond acceptors (Lipinski definition) is 2. The van der Waals surface area contributed by atoms with E-state index in [4.69, 9.17) is 11.6 Å². The summed E-state index contributed by atoms with van der Waals surface area (Å²) in [5, 5.41) is 0.461.